The lowest BCUT2D eigenvalue weighted by Gasteiger charge is -2.34. The van der Waals surface area contributed by atoms with Crippen molar-refractivity contribution >= 4 is 17.6 Å². The van der Waals surface area contributed by atoms with E-state index in [0.29, 0.717) is 19.0 Å². The summed E-state index contributed by atoms with van der Waals surface area (Å²) in [6, 6.07) is 9.45. The lowest BCUT2D eigenvalue weighted by Crippen LogP contribution is -2.46. The molecule has 6 heteroatoms. The minimum Gasteiger partial charge on any atom is -0.342 e. The Morgan fingerprint density at radius 3 is 2.07 bits per heavy atom. The number of carbonyl (C=O) groups excluding carboxylic acids is 2. The number of nitrogens with one attached hydrogen (secondary N) is 2. The van der Waals surface area contributed by atoms with Crippen molar-refractivity contribution < 1.29 is 9.59 Å². The van der Waals surface area contributed by atoms with Gasteiger partial charge in [-0.25, -0.2) is 4.79 Å². The average Bonchev–Trinajstić information content (AvgIpc) is 3.06. The molecule has 0 bridgehead atoms. The van der Waals surface area contributed by atoms with Gasteiger partial charge in [-0.15, -0.1) is 0 Å². The van der Waals surface area contributed by atoms with Crippen molar-refractivity contribution in [2.75, 3.05) is 44.6 Å². The van der Waals surface area contributed by atoms with Crippen LogP contribution in [0.1, 0.15) is 25.7 Å². The second kappa shape index (κ2) is 8.30. The first-order valence-electron chi connectivity index (χ1n) is 10.3. The Labute approximate surface area is 161 Å². The lowest BCUT2D eigenvalue weighted by atomic mass is 9.92. The van der Waals surface area contributed by atoms with E-state index >= 15 is 0 Å². The first-order chi connectivity index (χ1) is 13.2. The molecule has 0 aromatic heterocycles. The summed E-state index contributed by atoms with van der Waals surface area (Å²) >= 11 is 0. The molecule has 2 N–H and O–H groups in total. The highest BCUT2D eigenvalue weighted by Gasteiger charge is 2.34. The molecule has 3 amide bonds. The van der Waals surface area contributed by atoms with Crippen LogP contribution in [-0.2, 0) is 4.79 Å². The Kier molecular flexibility index (Phi) is 5.62. The van der Waals surface area contributed by atoms with E-state index in [9.17, 15) is 9.59 Å². The van der Waals surface area contributed by atoms with Crippen molar-refractivity contribution in [1.29, 1.82) is 0 Å². The summed E-state index contributed by atoms with van der Waals surface area (Å²) in [5.41, 5.74) is 0.810. The van der Waals surface area contributed by atoms with Crippen LogP contribution in [0.3, 0.4) is 0 Å². The van der Waals surface area contributed by atoms with Gasteiger partial charge in [0.1, 0.15) is 0 Å². The quantitative estimate of drug-likeness (QED) is 0.840. The molecule has 146 valence electrons. The van der Waals surface area contributed by atoms with Gasteiger partial charge in [0.25, 0.3) is 0 Å². The number of piperidine rings is 1. The van der Waals surface area contributed by atoms with E-state index in [-0.39, 0.29) is 11.9 Å². The molecule has 0 unspecified atom stereocenters. The van der Waals surface area contributed by atoms with Crippen LogP contribution in [0.25, 0.3) is 0 Å². The van der Waals surface area contributed by atoms with Crippen molar-refractivity contribution in [3.05, 3.63) is 30.3 Å². The fourth-order valence-corrected chi connectivity index (χ4v) is 4.75. The van der Waals surface area contributed by atoms with E-state index in [4.69, 9.17) is 0 Å². The molecule has 4 rings (SSSR count). The van der Waals surface area contributed by atoms with Gasteiger partial charge in [-0.05, 0) is 62.7 Å². The van der Waals surface area contributed by atoms with Crippen LogP contribution in [0.4, 0.5) is 10.5 Å². The second-order valence-electron chi connectivity index (χ2n) is 8.14. The highest BCUT2D eigenvalue weighted by molar-refractivity contribution is 5.89. The van der Waals surface area contributed by atoms with Crippen LogP contribution in [0.2, 0.25) is 0 Å². The number of fused-ring (bicyclic) bond motifs is 1. The number of likely N-dealkylation sites (tertiary alicyclic amines) is 2. The fourth-order valence-electron chi connectivity index (χ4n) is 4.75. The smallest absolute Gasteiger partial charge is 0.321 e. The topological polar surface area (TPSA) is 64.7 Å². The van der Waals surface area contributed by atoms with E-state index in [1.165, 1.54) is 0 Å². The van der Waals surface area contributed by atoms with E-state index < -0.39 is 0 Å². The van der Waals surface area contributed by atoms with Crippen molar-refractivity contribution in [3.8, 4) is 0 Å². The monoisotopic (exact) mass is 370 g/mol. The number of para-hydroxylation sites is 1. The van der Waals surface area contributed by atoms with Gasteiger partial charge in [-0.3, -0.25) is 4.79 Å². The van der Waals surface area contributed by atoms with Crippen molar-refractivity contribution in [3.63, 3.8) is 0 Å². The Balaban J connectivity index is 1.26. The van der Waals surface area contributed by atoms with Gasteiger partial charge in [0.2, 0.25) is 5.91 Å². The van der Waals surface area contributed by atoms with E-state index in [1.807, 2.05) is 35.2 Å². The molecular weight excluding hydrogens is 340 g/mol. The minimum absolute atomic E-state index is 0.0674. The van der Waals surface area contributed by atoms with Crippen LogP contribution in [0, 0.1) is 17.8 Å². The van der Waals surface area contributed by atoms with Crippen LogP contribution < -0.4 is 10.6 Å². The van der Waals surface area contributed by atoms with Crippen LogP contribution >= 0.6 is 0 Å². The number of carbonyl (C=O) groups is 2. The number of anilines is 1. The van der Waals surface area contributed by atoms with Gasteiger partial charge in [-0.1, -0.05) is 18.2 Å². The molecule has 3 heterocycles. The summed E-state index contributed by atoms with van der Waals surface area (Å²) in [4.78, 5) is 29.3. The van der Waals surface area contributed by atoms with E-state index in [1.54, 1.807) is 0 Å². The first kappa shape index (κ1) is 18.3. The molecule has 3 aliphatic rings. The molecule has 1 aromatic rings. The molecule has 0 radical (unpaired) electrons. The molecule has 0 saturated carbocycles. The SMILES string of the molecule is O=C(Nc1ccccc1)N1CCC(C(=O)N2CC[C@@H]3CNC[C@@H]3CC2)CC1. The Morgan fingerprint density at radius 1 is 0.852 bits per heavy atom. The average molecular weight is 370 g/mol. The predicted molar refractivity (Wildman–Crippen MR) is 105 cm³/mol. The van der Waals surface area contributed by atoms with E-state index in [0.717, 1.165) is 69.4 Å². The zero-order valence-electron chi connectivity index (χ0n) is 15.9. The lowest BCUT2D eigenvalue weighted by molar-refractivity contribution is -0.136. The number of amides is 3. The zero-order chi connectivity index (χ0) is 18.6. The van der Waals surface area contributed by atoms with Crippen LogP contribution in [0.15, 0.2) is 30.3 Å². The summed E-state index contributed by atoms with van der Waals surface area (Å²) in [6.45, 7) is 5.33. The molecule has 27 heavy (non-hydrogen) atoms. The molecule has 3 aliphatic heterocycles. The maximum absolute atomic E-state index is 13.0. The molecule has 2 atom stereocenters. The number of hydrogen-bond donors (Lipinski definition) is 2. The molecule has 6 nitrogen and oxygen atoms in total. The Hall–Kier alpha value is -2.08. The van der Waals surface area contributed by atoms with Crippen molar-refractivity contribution in [2.45, 2.75) is 25.7 Å². The van der Waals surface area contributed by atoms with E-state index in [2.05, 4.69) is 15.5 Å². The molecule has 3 saturated heterocycles. The van der Waals surface area contributed by atoms with Crippen LogP contribution in [0.5, 0.6) is 0 Å². The Morgan fingerprint density at radius 2 is 1.44 bits per heavy atom. The minimum atomic E-state index is -0.0674. The van der Waals surface area contributed by atoms with Crippen molar-refractivity contribution in [1.82, 2.24) is 15.1 Å². The van der Waals surface area contributed by atoms with Gasteiger partial charge in [0, 0.05) is 37.8 Å². The molecular formula is C21H30N4O2. The third kappa shape index (κ3) is 4.26. The predicted octanol–water partition coefficient (Wildman–Crippen LogP) is 2.39. The van der Waals surface area contributed by atoms with Crippen LogP contribution in [-0.4, -0.2) is 61.0 Å². The fraction of sp³-hybridized carbons (Fsp3) is 0.619. The normalized spacial score (nSPS) is 26.4. The largest absolute Gasteiger partial charge is 0.342 e. The third-order valence-corrected chi connectivity index (χ3v) is 6.49. The molecule has 3 fully saturated rings. The van der Waals surface area contributed by atoms with Gasteiger partial charge >= 0.3 is 6.03 Å². The summed E-state index contributed by atoms with van der Waals surface area (Å²) in [7, 11) is 0. The summed E-state index contributed by atoms with van der Waals surface area (Å²) < 4.78 is 0. The highest BCUT2D eigenvalue weighted by Crippen LogP contribution is 2.29. The summed E-state index contributed by atoms with van der Waals surface area (Å²) in [5.74, 6) is 1.87. The summed E-state index contributed by atoms with van der Waals surface area (Å²) in [5, 5.41) is 6.42. The maximum atomic E-state index is 13.0. The van der Waals surface area contributed by atoms with Gasteiger partial charge < -0.3 is 20.4 Å². The van der Waals surface area contributed by atoms with Crippen molar-refractivity contribution in [2.24, 2.45) is 17.8 Å². The standard InChI is InChI=1S/C21H30N4O2/c26-20(24-10-8-17-14-22-15-18(17)9-11-24)16-6-12-25(13-7-16)21(27)23-19-4-2-1-3-5-19/h1-5,16-18,22H,6-15H2,(H,23,27)/t17-,18+. The zero-order valence-corrected chi connectivity index (χ0v) is 15.9. The third-order valence-electron chi connectivity index (χ3n) is 6.49. The number of hydrogen-bond acceptors (Lipinski definition) is 3. The maximum Gasteiger partial charge on any atom is 0.321 e. The second-order valence-corrected chi connectivity index (χ2v) is 8.14. The first-order valence-corrected chi connectivity index (χ1v) is 10.3. The summed E-state index contributed by atoms with van der Waals surface area (Å²) in [6.07, 6.45) is 3.79. The van der Waals surface area contributed by atoms with Gasteiger partial charge in [0.15, 0.2) is 0 Å². The highest BCUT2D eigenvalue weighted by atomic mass is 16.2. The number of rotatable bonds is 2. The van der Waals surface area contributed by atoms with Gasteiger partial charge in [-0.2, -0.15) is 0 Å². The molecule has 0 spiro atoms. The molecule has 0 aliphatic carbocycles. The van der Waals surface area contributed by atoms with Gasteiger partial charge in [0.05, 0.1) is 0 Å². The number of benzene rings is 1. The Bertz CT molecular complexity index is 643. The molecule has 1 aromatic carbocycles. The number of nitrogens with zero attached hydrogens (tertiary/aromatic N) is 2. The number of urea groups is 1.